The van der Waals surface area contributed by atoms with Crippen LogP contribution in [0, 0.1) is 13.8 Å². The Balaban J connectivity index is 1.48. The van der Waals surface area contributed by atoms with Crippen molar-refractivity contribution in [3.63, 3.8) is 0 Å². The van der Waals surface area contributed by atoms with Crippen molar-refractivity contribution in [2.75, 3.05) is 5.32 Å². The summed E-state index contributed by atoms with van der Waals surface area (Å²) in [7, 11) is 0. The van der Waals surface area contributed by atoms with Gasteiger partial charge in [0.1, 0.15) is 0 Å². The fourth-order valence-corrected chi connectivity index (χ4v) is 3.38. The lowest BCUT2D eigenvalue weighted by Crippen LogP contribution is -2.03. The van der Waals surface area contributed by atoms with E-state index in [0.717, 1.165) is 39.2 Å². The van der Waals surface area contributed by atoms with E-state index < -0.39 is 0 Å². The zero-order chi connectivity index (χ0) is 20.5. The molecule has 0 fully saturated rings. The monoisotopic (exact) mass is 393 g/mol. The Kier molecular flexibility index (Phi) is 4.40. The maximum Gasteiger partial charge on any atom is 0.230 e. The van der Waals surface area contributed by atoms with E-state index >= 15 is 0 Å². The maximum absolute atomic E-state index is 4.66. The van der Waals surface area contributed by atoms with Crippen LogP contribution in [0.2, 0.25) is 0 Å². The van der Waals surface area contributed by atoms with Crippen molar-refractivity contribution >= 4 is 22.8 Å². The maximum atomic E-state index is 4.66. The van der Waals surface area contributed by atoms with Gasteiger partial charge in [-0.1, -0.05) is 36.4 Å². The third-order valence-corrected chi connectivity index (χ3v) is 4.87. The van der Waals surface area contributed by atoms with Gasteiger partial charge in [0, 0.05) is 23.3 Å². The molecule has 5 aromatic rings. The first-order chi connectivity index (χ1) is 14.7. The van der Waals surface area contributed by atoms with E-state index in [-0.39, 0.29) is 0 Å². The minimum absolute atomic E-state index is 0.439. The van der Waals surface area contributed by atoms with Crippen molar-refractivity contribution in [2.24, 2.45) is 0 Å². The van der Waals surface area contributed by atoms with Crippen LogP contribution in [0.1, 0.15) is 11.4 Å². The summed E-state index contributed by atoms with van der Waals surface area (Å²) in [6.07, 6.45) is 3.70. The number of aryl methyl sites for hydroxylation is 2. The Hall–Kier alpha value is -4.13. The van der Waals surface area contributed by atoms with Crippen LogP contribution in [-0.2, 0) is 0 Å². The second kappa shape index (κ2) is 7.36. The fraction of sp³-hybridized carbons (Fsp3) is 0.0870. The van der Waals surface area contributed by atoms with E-state index in [0.29, 0.717) is 11.9 Å². The van der Waals surface area contributed by atoms with Gasteiger partial charge in [0.2, 0.25) is 11.9 Å². The number of anilines is 2. The van der Waals surface area contributed by atoms with E-state index in [2.05, 4.69) is 30.4 Å². The second-order valence-corrected chi connectivity index (χ2v) is 6.95. The first kappa shape index (κ1) is 17.9. The predicted octanol–water partition coefficient (Wildman–Crippen LogP) is 4.63. The quantitative estimate of drug-likeness (QED) is 0.479. The Morgan fingerprint density at radius 3 is 2.43 bits per heavy atom. The Morgan fingerprint density at radius 1 is 0.767 bits per heavy atom. The summed E-state index contributed by atoms with van der Waals surface area (Å²) in [6, 6.07) is 19.8. The van der Waals surface area contributed by atoms with Gasteiger partial charge in [-0.15, -0.1) is 0 Å². The number of aromatic nitrogens is 6. The molecule has 5 rings (SSSR count). The van der Waals surface area contributed by atoms with Gasteiger partial charge in [0.05, 0.1) is 28.3 Å². The van der Waals surface area contributed by atoms with Crippen LogP contribution >= 0.6 is 0 Å². The summed E-state index contributed by atoms with van der Waals surface area (Å²) in [5.41, 5.74) is 5.40. The van der Waals surface area contributed by atoms with Gasteiger partial charge in [0.25, 0.3) is 0 Å². The molecule has 1 N–H and O–H groups in total. The summed E-state index contributed by atoms with van der Waals surface area (Å²) in [6.45, 7) is 3.94. The number of nitrogens with zero attached hydrogens (tertiary/aromatic N) is 6. The summed E-state index contributed by atoms with van der Waals surface area (Å²) in [5.74, 6) is 0.911. The molecule has 0 aliphatic heterocycles. The number of para-hydroxylation sites is 2. The highest BCUT2D eigenvalue weighted by molar-refractivity contribution is 5.81. The highest BCUT2D eigenvalue weighted by Crippen LogP contribution is 2.24. The molecular weight excluding hydrogens is 374 g/mol. The van der Waals surface area contributed by atoms with Gasteiger partial charge in [-0.3, -0.25) is 5.32 Å². The normalized spacial score (nSPS) is 11.0. The lowest BCUT2D eigenvalue weighted by Gasteiger charge is -2.07. The lowest BCUT2D eigenvalue weighted by molar-refractivity contribution is 0.863. The van der Waals surface area contributed by atoms with Crippen LogP contribution in [0.25, 0.3) is 27.8 Å². The molecule has 0 bridgehead atoms. The van der Waals surface area contributed by atoms with Crippen LogP contribution in [0.3, 0.4) is 0 Å². The fourth-order valence-electron chi connectivity index (χ4n) is 3.38. The lowest BCUT2D eigenvalue weighted by atomic mass is 10.2. The minimum Gasteiger partial charge on any atom is -0.293 e. The molecule has 0 saturated carbocycles. The second-order valence-electron chi connectivity index (χ2n) is 6.95. The number of rotatable bonds is 4. The van der Waals surface area contributed by atoms with Crippen LogP contribution in [0.5, 0.6) is 0 Å². The zero-order valence-corrected chi connectivity index (χ0v) is 16.6. The van der Waals surface area contributed by atoms with E-state index in [1.54, 1.807) is 6.20 Å². The molecule has 0 aliphatic carbocycles. The van der Waals surface area contributed by atoms with Crippen molar-refractivity contribution in [1.82, 2.24) is 29.7 Å². The first-order valence-corrected chi connectivity index (χ1v) is 9.63. The van der Waals surface area contributed by atoms with Crippen molar-refractivity contribution in [3.8, 4) is 16.9 Å². The topological polar surface area (TPSA) is 81.4 Å². The van der Waals surface area contributed by atoms with Crippen molar-refractivity contribution in [1.29, 1.82) is 0 Å². The molecule has 0 radical (unpaired) electrons. The number of hydrogen-bond acceptors (Lipinski definition) is 6. The number of benzene rings is 2. The van der Waals surface area contributed by atoms with Gasteiger partial charge >= 0.3 is 0 Å². The molecule has 146 valence electrons. The predicted molar refractivity (Wildman–Crippen MR) is 117 cm³/mol. The largest absolute Gasteiger partial charge is 0.293 e. The third kappa shape index (κ3) is 3.37. The molecule has 0 aliphatic rings. The van der Waals surface area contributed by atoms with E-state index in [1.807, 2.05) is 85.4 Å². The minimum atomic E-state index is 0.439. The van der Waals surface area contributed by atoms with E-state index in [1.165, 1.54) is 0 Å². The molecule has 0 amide bonds. The Labute approximate surface area is 173 Å². The molecule has 0 unspecified atom stereocenters. The molecular formula is C23H19N7. The standard InChI is InChI=1S/C23H19N7/c1-15-18-10-6-7-11-20(18)27-23(25-15)28-22-24-13-12-21(26-22)19-14-30(29-16(19)2)17-8-4-3-5-9-17/h3-14H,1-2H3,(H,24,25,26,27,28). The van der Waals surface area contributed by atoms with Gasteiger partial charge in [-0.05, 0) is 38.1 Å². The first-order valence-electron chi connectivity index (χ1n) is 9.63. The van der Waals surface area contributed by atoms with Gasteiger partial charge < -0.3 is 0 Å². The highest BCUT2D eigenvalue weighted by Gasteiger charge is 2.12. The van der Waals surface area contributed by atoms with Crippen LogP contribution < -0.4 is 5.32 Å². The molecule has 7 heteroatoms. The smallest absolute Gasteiger partial charge is 0.230 e. The van der Waals surface area contributed by atoms with Crippen molar-refractivity contribution in [3.05, 3.63) is 84.4 Å². The highest BCUT2D eigenvalue weighted by atomic mass is 15.3. The average Bonchev–Trinajstić information content (AvgIpc) is 3.16. The van der Waals surface area contributed by atoms with Crippen LogP contribution in [0.15, 0.2) is 73.1 Å². The molecule has 0 atom stereocenters. The SMILES string of the molecule is Cc1nn(-c2ccccc2)cc1-c1ccnc(Nc2nc(C)c3ccccc3n2)n1. The van der Waals surface area contributed by atoms with Gasteiger partial charge in [-0.25, -0.2) is 24.6 Å². The summed E-state index contributed by atoms with van der Waals surface area (Å²) >= 11 is 0. The van der Waals surface area contributed by atoms with Crippen LogP contribution in [-0.4, -0.2) is 29.7 Å². The van der Waals surface area contributed by atoms with E-state index in [9.17, 15) is 0 Å². The molecule has 0 saturated heterocycles. The third-order valence-electron chi connectivity index (χ3n) is 4.87. The molecule has 30 heavy (non-hydrogen) atoms. The van der Waals surface area contributed by atoms with Gasteiger partial charge in [0.15, 0.2) is 0 Å². The number of nitrogens with one attached hydrogen (secondary N) is 1. The Morgan fingerprint density at radius 2 is 1.57 bits per heavy atom. The number of hydrogen-bond donors (Lipinski definition) is 1. The van der Waals surface area contributed by atoms with E-state index in [4.69, 9.17) is 0 Å². The summed E-state index contributed by atoms with van der Waals surface area (Å²) in [5, 5.41) is 8.79. The van der Waals surface area contributed by atoms with Gasteiger partial charge in [-0.2, -0.15) is 5.10 Å². The summed E-state index contributed by atoms with van der Waals surface area (Å²) in [4.78, 5) is 18.1. The molecule has 3 aromatic heterocycles. The molecule has 3 heterocycles. The molecule has 2 aromatic carbocycles. The molecule has 7 nitrogen and oxygen atoms in total. The zero-order valence-electron chi connectivity index (χ0n) is 16.6. The van der Waals surface area contributed by atoms with Crippen molar-refractivity contribution < 1.29 is 0 Å². The molecule has 0 spiro atoms. The average molecular weight is 393 g/mol. The Bertz CT molecular complexity index is 1340. The summed E-state index contributed by atoms with van der Waals surface area (Å²) < 4.78 is 1.86. The van der Waals surface area contributed by atoms with Crippen LogP contribution in [0.4, 0.5) is 11.9 Å². The van der Waals surface area contributed by atoms with Crippen molar-refractivity contribution in [2.45, 2.75) is 13.8 Å². The number of fused-ring (bicyclic) bond motifs is 1.